The highest BCUT2D eigenvalue weighted by molar-refractivity contribution is 6.40. The van der Waals surface area contributed by atoms with Gasteiger partial charge in [0.1, 0.15) is 11.6 Å². The van der Waals surface area contributed by atoms with Crippen LogP contribution < -0.4 is 10.1 Å². The summed E-state index contributed by atoms with van der Waals surface area (Å²) in [7, 11) is 0. The number of ether oxygens (including phenoxy) is 2. The molecule has 0 saturated heterocycles. The minimum atomic E-state index is -0.973. The maximum absolute atomic E-state index is 12.8. The van der Waals surface area contributed by atoms with Gasteiger partial charge in [0.15, 0.2) is 12.7 Å². The van der Waals surface area contributed by atoms with Crippen molar-refractivity contribution in [3.63, 3.8) is 0 Å². The fourth-order valence-electron chi connectivity index (χ4n) is 1.97. The molecule has 5 nitrogen and oxygen atoms in total. The molecule has 0 radical (unpaired) electrons. The molecule has 1 amide bonds. The number of amides is 1. The first-order chi connectivity index (χ1) is 12.3. The number of anilines is 1. The van der Waals surface area contributed by atoms with E-state index >= 15 is 0 Å². The van der Waals surface area contributed by atoms with Crippen LogP contribution in [0.15, 0.2) is 36.4 Å². The lowest BCUT2D eigenvalue weighted by atomic mass is 10.2. The summed E-state index contributed by atoms with van der Waals surface area (Å²) in [5.74, 6) is -1.45. The van der Waals surface area contributed by atoms with E-state index in [-0.39, 0.29) is 10.7 Å². The summed E-state index contributed by atoms with van der Waals surface area (Å²) in [6.45, 7) is 2.69. The molecule has 8 heteroatoms. The average molecular weight is 400 g/mol. The summed E-state index contributed by atoms with van der Waals surface area (Å²) in [4.78, 5) is 23.9. The summed E-state index contributed by atoms with van der Waals surface area (Å²) in [5.41, 5.74) is 0.995. The van der Waals surface area contributed by atoms with Crippen LogP contribution in [0.5, 0.6) is 5.75 Å². The molecule has 1 N–H and O–H groups in total. The van der Waals surface area contributed by atoms with Gasteiger partial charge in [-0.1, -0.05) is 29.3 Å². The number of benzene rings is 2. The number of rotatable bonds is 6. The van der Waals surface area contributed by atoms with Crippen molar-refractivity contribution in [2.24, 2.45) is 0 Å². The number of nitrogens with one attached hydrogen (secondary N) is 1. The number of carbonyl (C=O) groups is 2. The molecular formula is C18H16Cl2FNO4. The molecule has 2 aromatic rings. The van der Waals surface area contributed by atoms with Gasteiger partial charge in [0.05, 0.1) is 15.7 Å². The minimum absolute atomic E-state index is 0.255. The lowest BCUT2D eigenvalue weighted by molar-refractivity contribution is -0.153. The van der Waals surface area contributed by atoms with Crippen molar-refractivity contribution in [3.05, 3.63) is 57.8 Å². The van der Waals surface area contributed by atoms with E-state index in [1.807, 2.05) is 0 Å². The molecule has 0 unspecified atom stereocenters. The molecule has 0 bridgehead atoms. The Hall–Kier alpha value is -2.31. The van der Waals surface area contributed by atoms with Gasteiger partial charge in [-0.2, -0.15) is 0 Å². The molecule has 0 fully saturated rings. The SMILES string of the molecule is Cc1ccc(Cl)c(NC(=O)COC(=O)[C@@H](C)Oc2ccc(F)cc2)c1Cl. The van der Waals surface area contributed by atoms with Crippen LogP contribution in [0.25, 0.3) is 0 Å². The normalized spacial score (nSPS) is 11.6. The second-order valence-electron chi connectivity index (χ2n) is 5.42. The molecule has 0 aliphatic rings. The fourth-order valence-corrected chi connectivity index (χ4v) is 2.43. The zero-order valence-corrected chi connectivity index (χ0v) is 15.5. The zero-order valence-electron chi connectivity index (χ0n) is 14.0. The predicted octanol–water partition coefficient (Wildman–Crippen LogP) is 4.39. The Morgan fingerprint density at radius 3 is 2.46 bits per heavy atom. The quantitative estimate of drug-likeness (QED) is 0.731. The van der Waals surface area contributed by atoms with E-state index in [4.69, 9.17) is 32.7 Å². The van der Waals surface area contributed by atoms with Crippen LogP contribution in [0, 0.1) is 12.7 Å². The predicted molar refractivity (Wildman–Crippen MR) is 97.3 cm³/mol. The molecule has 2 aromatic carbocycles. The summed E-state index contributed by atoms with van der Waals surface area (Å²) in [6.07, 6.45) is -0.973. The van der Waals surface area contributed by atoms with Gasteiger partial charge in [0, 0.05) is 0 Å². The first kappa shape index (κ1) is 20.0. The lowest BCUT2D eigenvalue weighted by Crippen LogP contribution is -2.29. The Kier molecular flexibility index (Phi) is 6.83. The summed E-state index contributed by atoms with van der Waals surface area (Å²) >= 11 is 12.1. The summed E-state index contributed by atoms with van der Waals surface area (Å²) in [5, 5.41) is 3.09. The smallest absolute Gasteiger partial charge is 0.347 e. The van der Waals surface area contributed by atoms with Gasteiger partial charge in [0.25, 0.3) is 5.91 Å². The molecule has 0 aliphatic carbocycles. The van der Waals surface area contributed by atoms with E-state index in [9.17, 15) is 14.0 Å². The van der Waals surface area contributed by atoms with E-state index < -0.39 is 30.4 Å². The van der Waals surface area contributed by atoms with Gasteiger partial charge in [-0.05, 0) is 49.7 Å². The molecule has 0 heterocycles. The Labute approximate surface area is 160 Å². The van der Waals surface area contributed by atoms with Crippen LogP contribution in [0.4, 0.5) is 10.1 Å². The number of aryl methyl sites for hydroxylation is 1. The molecule has 26 heavy (non-hydrogen) atoms. The Morgan fingerprint density at radius 2 is 1.81 bits per heavy atom. The molecule has 0 spiro atoms. The van der Waals surface area contributed by atoms with Crippen LogP contribution >= 0.6 is 23.2 Å². The van der Waals surface area contributed by atoms with Crippen LogP contribution in [-0.2, 0) is 14.3 Å². The standard InChI is InChI=1S/C18H16Cl2FNO4/c1-10-3-8-14(19)17(16(10)20)22-15(23)9-25-18(24)11(2)26-13-6-4-12(21)5-7-13/h3-8,11H,9H2,1-2H3,(H,22,23)/t11-/m1/s1. The average Bonchev–Trinajstić information content (AvgIpc) is 2.61. The molecule has 0 aromatic heterocycles. The zero-order chi connectivity index (χ0) is 19.3. The van der Waals surface area contributed by atoms with Gasteiger partial charge in [-0.15, -0.1) is 0 Å². The van der Waals surface area contributed by atoms with Gasteiger partial charge in [-0.25, -0.2) is 9.18 Å². The third kappa shape index (κ3) is 5.34. The number of hydrogen-bond donors (Lipinski definition) is 1. The third-order valence-corrected chi connectivity index (χ3v) is 4.15. The van der Waals surface area contributed by atoms with Crippen molar-refractivity contribution >= 4 is 40.8 Å². The van der Waals surface area contributed by atoms with E-state index in [1.54, 1.807) is 19.1 Å². The van der Waals surface area contributed by atoms with Crippen LogP contribution in [0.1, 0.15) is 12.5 Å². The second kappa shape index (κ2) is 8.87. The second-order valence-corrected chi connectivity index (χ2v) is 6.21. The topological polar surface area (TPSA) is 64.6 Å². The number of hydrogen-bond acceptors (Lipinski definition) is 4. The van der Waals surface area contributed by atoms with Crippen LogP contribution in [-0.4, -0.2) is 24.6 Å². The minimum Gasteiger partial charge on any atom is -0.479 e. The first-order valence-electron chi connectivity index (χ1n) is 7.61. The van der Waals surface area contributed by atoms with Crippen molar-refractivity contribution in [1.82, 2.24) is 0 Å². The summed E-state index contributed by atoms with van der Waals surface area (Å²) in [6, 6.07) is 8.49. The van der Waals surface area contributed by atoms with Crippen LogP contribution in [0.3, 0.4) is 0 Å². The Bertz CT molecular complexity index is 812. The van der Waals surface area contributed by atoms with E-state index in [0.717, 1.165) is 5.56 Å². The van der Waals surface area contributed by atoms with E-state index in [2.05, 4.69) is 5.32 Å². The fraction of sp³-hybridized carbons (Fsp3) is 0.222. The van der Waals surface area contributed by atoms with Gasteiger partial charge >= 0.3 is 5.97 Å². The Morgan fingerprint density at radius 1 is 1.15 bits per heavy atom. The van der Waals surface area contributed by atoms with E-state index in [0.29, 0.717) is 10.8 Å². The van der Waals surface area contributed by atoms with Crippen molar-refractivity contribution in [3.8, 4) is 5.75 Å². The monoisotopic (exact) mass is 399 g/mol. The molecule has 0 aliphatic heterocycles. The molecule has 2 rings (SSSR count). The van der Waals surface area contributed by atoms with Gasteiger partial charge < -0.3 is 14.8 Å². The number of halogens is 3. The molecular weight excluding hydrogens is 384 g/mol. The van der Waals surface area contributed by atoms with E-state index in [1.165, 1.54) is 31.2 Å². The molecule has 1 atom stereocenters. The first-order valence-corrected chi connectivity index (χ1v) is 8.37. The summed E-state index contributed by atoms with van der Waals surface area (Å²) < 4.78 is 23.1. The lowest BCUT2D eigenvalue weighted by Gasteiger charge is -2.14. The largest absolute Gasteiger partial charge is 0.479 e. The Balaban J connectivity index is 1.87. The highest BCUT2D eigenvalue weighted by Gasteiger charge is 2.19. The van der Waals surface area contributed by atoms with Gasteiger partial charge in [0.2, 0.25) is 0 Å². The maximum atomic E-state index is 12.8. The number of carbonyl (C=O) groups excluding carboxylic acids is 2. The maximum Gasteiger partial charge on any atom is 0.347 e. The van der Waals surface area contributed by atoms with Crippen molar-refractivity contribution in [2.45, 2.75) is 20.0 Å². The molecule has 0 saturated carbocycles. The van der Waals surface area contributed by atoms with Crippen LogP contribution in [0.2, 0.25) is 10.0 Å². The van der Waals surface area contributed by atoms with Crippen molar-refractivity contribution in [2.75, 3.05) is 11.9 Å². The highest BCUT2D eigenvalue weighted by Crippen LogP contribution is 2.32. The van der Waals surface area contributed by atoms with Crippen molar-refractivity contribution < 1.29 is 23.5 Å². The molecule has 138 valence electrons. The number of esters is 1. The highest BCUT2D eigenvalue weighted by atomic mass is 35.5. The van der Waals surface area contributed by atoms with Gasteiger partial charge in [-0.3, -0.25) is 4.79 Å². The third-order valence-electron chi connectivity index (χ3n) is 3.35. The van der Waals surface area contributed by atoms with Crippen molar-refractivity contribution in [1.29, 1.82) is 0 Å².